The maximum absolute atomic E-state index is 12.3. The fourth-order valence-corrected chi connectivity index (χ4v) is 6.87. The molecule has 3 aromatic rings. The van der Waals surface area contributed by atoms with Crippen molar-refractivity contribution < 1.29 is 19.0 Å². The molecule has 0 unspecified atom stereocenters. The van der Waals surface area contributed by atoms with Gasteiger partial charge in [0.05, 0.1) is 30.4 Å². The fourth-order valence-electron chi connectivity index (χ4n) is 6.74. The summed E-state index contributed by atoms with van der Waals surface area (Å²) in [6, 6.07) is 13.9. The molecule has 6 rings (SSSR count). The minimum Gasteiger partial charge on any atom is -0.489 e. The van der Waals surface area contributed by atoms with E-state index < -0.39 is 0 Å². The molecule has 1 saturated heterocycles. The number of hydrogen-bond donors (Lipinski definition) is 1. The van der Waals surface area contributed by atoms with E-state index in [1.54, 1.807) is 0 Å². The molecule has 10 heteroatoms. The van der Waals surface area contributed by atoms with Crippen LogP contribution in [0.2, 0.25) is 5.02 Å². The Balaban J connectivity index is 1.01. The lowest BCUT2D eigenvalue weighted by Gasteiger charge is -2.38. The van der Waals surface area contributed by atoms with E-state index in [1.807, 2.05) is 44.2 Å². The Kier molecular flexibility index (Phi) is 9.78. The van der Waals surface area contributed by atoms with Gasteiger partial charge in [0, 0.05) is 48.9 Å². The number of halogens is 1. The predicted molar refractivity (Wildman–Crippen MR) is 177 cm³/mol. The first-order chi connectivity index (χ1) is 21.8. The molecule has 2 aromatic carbocycles. The zero-order valence-corrected chi connectivity index (χ0v) is 27.2. The van der Waals surface area contributed by atoms with Crippen molar-refractivity contribution >= 4 is 29.3 Å². The highest BCUT2D eigenvalue weighted by molar-refractivity contribution is 6.30. The average molecular weight is 634 g/mol. The van der Waals surface area contributed by atoms with Gasteiger partial charge in [-0.1, -0.05) is 23.7 Å². The number of hydrogen-bond acceptors (Lipinski definition) is 9. The van der Waals surface area contributed by atoms with Crippen molar-refractivity contribution in [2.24, 2.45) is 5.41 Å². The molecule has 2 aliphatic carbocycles. The Labute approximate surface area is 271 Å². The van der Waals surface area contributed by atoms with Crippen molar-refractivity contribution in [3.63, 3.8) is 0 Å². The quantitative estimate of drug-likeness (QED) is 0.281. The van der Waals surface area contributed by atoms with Crippen LogP contribution in [0.1, 0.15) is 56.2 Å². The number of nitrogens with zero attached hydrogens (tertiary/aromatic N) is 4. The molecule has 0 atom stereocenters. The molecule has 1 aliphatic heterocycles. The smallest absolute Gasteiger partial charge is 0.311 e. The molecule has 0 spiro atoms. The van der Waals surface area contributed by atoms with Crippen LogP contribution in [0.3, 0.4) is 0 Å². The fraction of sp³-hybridized carbons (Fsp3) is 0.514. The topological polar surface area (TPSA) is 103 Å². The lowest BCUT2D eigenvalue weighted by molar-refractivity contribution is -0.158. The van der Waals surface area contributed by atoms with Gasteiger partial charge in [-0.25, -0.2) is 4.98 Å². The Bertz CT molecular complexity index is 1480. The number of aromatic nitrogens is 2. The molecule has 9 nitrogen and oxygen atoms in total. The van der Waals surface area contributed by atoms with E-state index in [-0.39, 0.29) is 17.5 Å². The lowest BCUT2D eigenvalue weighted by atomic mass is 9.75. The normalized spacial score (nSPS) is 21.6. The van der Waals surface area contributed by atoms with Crippen LogP contribution in [0, 0.1) is 5.41 Å². The lowest BCUT2D eigenvalue weighted by Crippen LogP contribution is -2.48. The number of piperazine rings is 1. The van der Waals surface area contributed by atoms with Gasteiger partial charge in [0.1, 0.15) is 18.2 Å². The molecule has 0 radical (unpaired) electrons. The first-order valence-corrected chi connectivity index (χ1v) is 16.6. The predicted octanol–water partition coefficient (Wildman–Crippen LogP) is 5.71. The summed E-state index contributed by atoms with van der Waals surface area (Å²) in [6.07, 6.45) is 5.45. The summed E-state index contributed by atoms with van der Waals surface area (Å²) >= 11 is 6.01. The summed E-state index contributed by atoms with van der Waals surface area (Å²) in [7, 11) is 0. The summed E-state index contributed by atoms with van der Waals surface area (Å²) in [4.78, 5) is 26.6. The minimum atomic E-state index is -0.367. The van der Waals surface area contributed by atoms with Crippen LogP contribution in [-0.4, -0.2) is 72.9 Å². The van der Waals surface area contributed by atoms with Crippen molar-refractivity contribution in [3.8, 4) is 17.0 Å². The zero-order chi connectivity index (χ0) is 31.4. The molecule has 3 aliphatic rings. The Morgan fingerprint density at radius 3 is 2.53 bits per heavy atom. The van der Waals surface area contributed by atoms with Crippen LogP contribution >= 0.6 is 11.6 Å². The molecule has 2 N–H and O–H groups in total. The molecule has 0 bridgehead atoms. The van der Waals surface area contributed by atoms with Crippen molar-refractivity contribution in [2.45, 2.75) is 65.1 Å². The highest BCUT2D eigenvalue weighted by Gasteiger charge is 2.39. The average Bonchev–Trinajstić information content (AvgIpc) is 3.05. The molecule has 1 saturated carbocycles. The highest BCUT2D eigenvalue weighted by Crippen LogP contribution is 2.40. The van der Waals surface area contributed by atoms with Gasteiger partial charge in [0.2, 0.25) is 5.95 Å². The molecule has 2 fully saturated rings. The molecular formula is C35H44ClN5O4. The number of benzene rings is 2. The molecule has 0 amide bonds. The monoisotopic (exact) mass is 633 g/mol. The molecule has 2 heterocycles. The number of anilines is 2. The summed E-state index contributed by atoms with van der Waals surface area (Å²) in [6.45, 7) is 10.1. The number of fused-ring (bicyclic) bond motifs is 3. The highest BCUT2D eigenvalue weighted by atomic mass is 35.5. The second-order valence-corrected chi connectivity index (χ2v) is 13.1. The first kappa shape index (κ1) is 31.6. The number of nitrogen functional groups attached to an aromatic ring is 1. The van der Waals surface area contributed by atoms with Crippen LogP contribution in [0.5, 0.6) is 5.75 Å². The van der Waals surface area contributed by atoms with Gasteiger partial charge in [-0.15, -0.1) is 0 Å². The molecule has 1 aromatic heterocycles. The maximum atomic E-state index is 12.3. The molecular weight excluding hydrogens is 590 g/mol. The third-order valence-corrected chi connectivity index (χ3v) is 9.79. The third kappa shape index (κ3) is 7.37. The number of nitrogens with two attached hydrogens (primary N) is 1. The van der Waals surface area contributed by atoms with E-state index in [0.29, 0.717) is 25.8 Å². The summed E-state index contributed by atoms with van der Waals surface area (Å²) in [5, 5.41) is 0.719. The number of carbonyl (C=O) groups excluding carboxylic acids is 1. The van der Waals surface area contributed by atoms with E-state index in [1.165, 1.54) is 11.1 Å². The van der Waals surface area contributed by atoms with E-state index in [2.05, 4.69) is 21.9 Å². The van der Waals surface area contributed by atoms with Crippen LogP contribution in [-0.2, 0) is 33.7 Å². The Morgan fingerprint density at radius 1 is 1.04 bits per heavy atom. The van der Waals surface area contributed by atoms with Gasteiger partial charge in [-0.05, 0) is 93.8 Å². The summed E-state index contributed by atoms with van der Waals surface area (Å²) in [5.41, 5.74) is 11.4. The van der Waals surface area contributed by atoms with Gasteiger partial charge in [-0.3, -0.25) is 9.69 Å². The van der Waals surface area contributed by atoms with Crippen molar-refractivity contribution in [1.29, 1.82) is 0 Å². The summed E-state index contributed by atoms with van der Waals surface area (Å²) < 4.78 is 17.6. The van der Waals surface area contributed by atoms with Gasteiger partial charge in [-0.2, -0.15) is 4.98 Å². The first-order valence-electron chi connectivity index (χ1n) is 16.2. The van der Waals surface area contributed by atoms with E-state index in [4.69, 9.17) is 41.5 Å². The second-order valence-electron chi connectivity index (χ2n) is 12.6. The molecule has 240 valence electrons. The number of ether oxygens (including phenoxy) is 3. The van der Waals surface area contributed by atoms with Gasteiger partial charge >= 0.3 is 5.97 Å². The largest absolute Gasteiger partial charge is 0.489 e. The van der Waals surface area contributed by atoms with Crippen LogP contribution in [0.15, 0.2) is 42.5 Å². The number of aryl methyl sites for hydroxylation is 1. The Hall–Kier alpha value is -3.40. The van der Waals surface area contributed by atoms with Crippen LogP contribution in [0.4, 0.5) is 11.8 Å². The number of carbonyl (C=O) groups is 1. The third-order valence-electron chi connectivity index (χ3n) is 9.53. The van der Waals surface area contributed by atoms with E-state index >= 15 is 0 Å². The summed E-state index contributed by atoms with van der Waals surface area (Å²) in [5.74, 6) is 2.05. The number of esters is 1. The second kappa shape index (κ2) is 13.9. The zero-order valence-electron chi connectivity index (χ0n) is 26.4. The van der Waals surface area contributed by atoms with E-state index in [0.717, 1.165) is 105 Å². The van der Waals surface area contributed by atoms with Gasteiger partial charge in [0.25, 0.3) is 0 Å². The van der Waals surface area contributed by atoms with E-state index in [9.17, 15) is 4.79 Å². The maximum Gasteiger partial charge on any atom is 0.311 e. The van der Waals surface area contributed by atoms with Crippen LogP contribution < -0.4 is 15.4 Å². The van der Waals surface area contributed by atoms with Gasteiger partial charge in [0.15, 0.2) is 0 Å². The SMILES string of the molecule is CCOC(=O)C1(C)CCC(OCCN2CCN(c3nc(N)nc4c3CCc3cc(OCc5ccc(Cl)cc5)ccc3-4)CC2)CC1. The Morgan fingerprint density at radius 2 is 1.80 bits per heavy atom. The number of rotatable bonds is 10. The van der Waals surface area contributed by atoms with Crippen molar-refractivity contribution in [1.82, 2.24) is 14.9 Å². The van der Waals surface area contributed by atoms with Crippen LogP contribution in [0.25, 0.3) is 11.3 Å². The molecule has 45 heavy (non-hydrogen) atoms. The van der Waals surface area contributed by atoms with Crippen molar-refractivity contribution in [2.75, 3.05) is 56.6 Å². The minimum absolute atomic E-state index is 0.0674. The standard InChI is InChI=1S/C35H44ClN5O4/c1-3-43-33(42)35(2)14-12-27(13-15-35)44-21-20-40-16-18-41(19-17-40)32-30-10-6-25-22-28(45-23-24-4-7-26(36)8-5-24)9-11-29(25)31(30)38-34(37)39-32/h4-5,7-9,11,22,27H,3,6,10,12-21,23H2,1-2H3,(H2,37,38,39). The van der Waals surface area contributed by atoms with Crippen molar-refractivity contribution in [3.05, 3.63) is 64.2 Å². The van der Waals surface area contributed by atoms with Gasteiger partial charge < -0.3 is 24.8 Å².